The fourth-order valence-corrected chi connectivity index (χ4v) is 3.13. The summed E-state index contributed by atoms with van der Waals surface area (Å²) in [7, 11) is 0. The zero-order valence-electron chi connectivity index (χ0n) is 13.7. The topological polar surface area (TPSA) is 56.2 Å². The average molecular weight is 293 g/mol. The Morgan fingerprint density at radius 2 is 2.10 bits per heavy atom. The van der Waals surface area contributed by atoms with Gasteiger partial charge < -0.3 is 14.6 Å². The Kier molecular flexibility index (Phi) is 5.04. The Hall–Kier alpha value is -1.36. The molecule has 1 atom stereocenters. The number of carbonyl (C=O) groups is 1. The van der Waals surface area contributed by atoms with Gasteiger partial charge in [-0.2, -0.15) is 0 Å². The molecule has 1 aliphatic carbocycles. The fourth-order valence-electron chi connectivity index (χ4n) is 3.13. The molecular formula is C16H27N3O2. The minimum absolute atomic E-state index is 0.190. The highest BCUT2D eigenvalue weighted by atomic mass is 16.5. The van der Waals surface area contributed by atoms with Crippen LogP contribution in [0.15, 0.2) is 0 Å². The zero-order valence-corrected chi connectivity index (χ0v) is 13.7. The van der Waals surface area contributed by atoms with Gasteiger partial charge in [-0.05, 0) is 53.0 Å². The predicted octanol–water partition coefficient (Wildman–Crippen LogP) is 2.00. The summed E-state index contributed by atoms with van der Waals surface area (Å²) in [5.41, 5.74) is 1.80. The summed E-state index contributed by atoms with van der Waals surface area (Å²) >= 11 is 0. The lowest BCUT2D eigenvalue weighted by Crippen LogP contribution is -2.53. The molecule has 2 rings (SSSR count). The first-order chi connectivity index (χ1) is 10.0. The molecule has 1 N–H and O–H groups in total. The van der Waals surface area contributed by atoms with Crippen LogP contribution in [0.2, 0.25) is 0 Å². The number of nitrogens with zero attached hydrogens (tertiary/aromatic N) is 2. The van der Waals surface area contributed by atoms with Crippen molar-refractivity contribution in [3.8, 4) is 0 Å². The Labute approximate surface area is 127 Å². The number of hydrogen-bond acceptors (Lipinski definition) is 4. The Morgan fingerprint density at radius 3 is 2.76 bits per heavy atom. The van der Waals surface area contributed by atoms with Gasteiger partial charge in [-0.1, -0.05) is 6.92 Å². The van der Waals surface area contributed by atoms with Crippen molar-refractivity contribution < 1.29 is 9.53 Å². The molecule has 0 aliphatic heterocycles. The molecule has 1 aliphatic rings. The van der Waals surface area contributed by atoms with Gasteiger partial charge >= 0.3 is 5.97 Å². The number of imidazole rings is 1. The molecule has 5 nitrogen and oxygen atoms in total. The summed E-state index contributed by atoms with van der Waals surface area (Å²) < 4.78 is 7.46. The highest BCUT2D eigenvalue weighted by molar-refractivity contribution is 5.80. The van der Waals surface area contributed by atoms with Crippen LogP contribution in [0.5, 0.6) is 0 Å². The van der Waals surface area contributed by atoms with Crippen LogP contribution < -0.4 is 5.32 Å². The third kappa shape index (κ3) is 3.28. The third-order valence-electron chi connectivity index (χ3n) is 4.19. The Morgan fingerprint density at radius 1 is 1.38 bits per heavy atom. The number of ether oxygens (including phenoxy) is 1. The molecule has 0 saturated heterocycles. The largest absolute Gasteiger partial charge is 0.465 e. The number of aryl methyl sites for hydroxylation is 2. The van der Waals surface area contributed by atoms with E-state index in [0.29, 0.717) is 13.2 Å². The van der Waals surface area contributed by atoms with Crippen LogP contribution in [-0.2, 0) is 28.9 Å². The number of fused-ring (bicyclic) bond motifs is 1. The second kappa shape index (κ2) is 6.60. The molecule has 0 bridgehead atoms. The smallest absolute Gasteiger partial charge is 0.327 e. The first-order valence-electron chi connectivity index (χ1n) is 7.99. The Bertz CT molecular complexity index is 510. The standard InChI is InChI=1S/C16H27N3O2/c1-5-17-16(4,15(20)21-6-2)11-19-12(3)18-13-9-7-8-10-14(13)19/h17H,5-11H2,1-4H3. The van der Waals surface area contributed by atoms with Crippen LogP contribution in [0.3, 0.4) is 0 Å². The van der Waals surface area contributed by atoms with Crippen molar-refractivity contribution in [2.45, 2.75) is 65.5 Å². The molecule has 118 valence electrons. The van der Waals surface area contributed by atoms with Crippen molar-refractivity contribution in [1.82, 2.24) is 14.9 Å². The molecule has 1 heterocycles. The second-order valence-corrected chi connectivity index (χ2v) is 5.93. The van der Waals surface area contributed by atoms with Gasteiger partial charge in [0.25, 0.3) is 0 Å². The molecule has 0 fully saturated rings. The molecule has 1 unspecified atom stereocenters. The molecule has 0 radical (unpaired) electrons. The van der Waals surface area contributed by atoms with E-state index in [9.17, 15) is 4.79 Å². The zero-order chi connectivity index (χ0) is 15.5. The van der Waals surface area contributed by atoms with Crippen LogP contribution >= 0.6 is 0 Å². The maximum absolute atomic E-state index is 12.3. The summed E-state index contributed by atoms with van der Waals surface area (Å²) in [6.07, 6.45) is 4.53. The number of esters is 1. The number of likely N-dealkylation sites (N-methyl/N-ethyl adjacent to an activating group) is 1. The first kappa shape index (κ1) is 16.0. The summed E-state index contributed by atoms with van der Waals surface area (Å²) in [6.45, 7) is 9.50. The number of nitrogens with one attached hydrogen (secondary N) is 1. The third-order valence-corrected chi connectivity index (χ3v) is 4.19. The maximum atomic E-state index is 12.3. The minimum Gasteiger partial charge on any atom is -0.465 e. The monoisotopic (exact) mass is 293 g/mol. The van der Waals surface area contributed by atoms with Gasteiger partial charge in [0.15, 0.2) is 0 Å². The van der Waals surface area contributed by atoms with Gasteiger partial charge in [0, 0.05) is 5.69 Å². The highest BCUT2D eigenvalue weighted by Gasteiger charge is 2.36. The van der Waals surface area contributed by atoms with E-state index in [1.165, 1.54) is 24.2 Å². The molecule has 1 aromatic rings. The second-order valence-electron chi connectivity index (χ2n) is 5.93. The van der Waals surface area contributed by atoms with Crippen LogP contribution in [-0.4, -0.2) is 34.2 Å². The van der Waals surface area contributed by atoms with Crippen LogP contribution in [0, 0.1) is 6.92 Å². The summed E-state index contributed by atoms with van der Waals surface area (Å²) in [5.74, 6) is 0.805. The van der Waals surface area contributed by atoms with Crippen molar-refractivity contribution in [1.29, 1.82) is 0 Å². The lowest BCUT2D eigenvalue weighted by molar-refractivity contribution is -0.151. The quantitative estimate of drug-likeness (QED) is 0.815. The van der Waals surface area contributed by atoms with Crippen molar-refractivity contribution >= 4 is 5.97 Å². The normalized spacial score (nSPS) is 17.1. The molecule has 0 saturated carbocycles. The number of rotatable bonds is 6. The molecule has 0 amide bonds. The fraction of sp³-hybridized carbons (Fsp3) is 0.750. The first-order valence-corrected chi connectivity index (χ1v) is 7.99. The molecular weight excluding hydrogens is 266 g/mol. The van der Waals surface area contributed by atoms with E-state index in [0.717, 1.165) is 25.2 Å². The number of hydrogen-bond donors (Lipinski definition) is 1. The van der Waals surface area contributed by atoms with Crippen molar-refractivity contribution in [3.05, 3.63) is 17.2 Å². The van der Waals surface area contributed by atoms with Gasteiger partial charge in [-0.3, -0.25) is 0 Å². The van der Waals surface area contributed by atoms with E-state index in [4.69, 9.17) is 4.74 Å². The lowest BCUT2D eigenvalue weighted by Gasteiger charge is -2.30. The van der Waals surface area contributed by atoms with Crippen molar-refractivity contribution in [2.24, 2.45) is 0 Å². The van der Waals surface area contributed by atoms with E-state index in [-0.39, 0.29) is 5.97 Å². The van der Waals surface area contributed by atoms with Gasteiger partial charge in [-0.25, -0.2) is 9.78 Å². The minimum atomic E-state index is -0.707. The summed E-state index contributed by atoms with van der Waals surface area (Å²) in [4.78, 5) is 17.0. The van der Waals surface area contributed by atoms with E-state index in [1.54, 1.807) is 0 Å². The van der Waals surface area contributed by atoms with Crippen LogP contribution in [0.1, 0.15) is 50.8 Å². The predicted molar refractivity (Wildman–Crippen MR) is 82.3 cm³/mol. The van der Waals surface area contributed by atoms with E-state index >= 15 is 0 Å². The molecule has 5 heteroatoms. The van der Waals surface area contributed by atoms with E-state index in [2.05, 4.69) is 14.9 Å². The van der Waals surface area contributed by atoms with E-state index in [1.807, 2.05) is 27.7 Å². The van der Waals surface area contributed by atoms with E-state index < -0.39 is 5.54 Å². The van der Waals surface area contributed by atoms with Gasteiger partial charge in [0.1, 0.15) is 11.4 Å². The van der Waals surface area contributed by atoms with Crippen molar-refractivity contribution in [2.75, 3.05) is 13.2 Å². The summed E-state index contributed by atoms with van der Waals surface area (Å²) in [6, 6.07) is 0. The van der Waals surface area contributed by atoms with Gasteiger partial charge in [0.05, 0.1) is 18.8 Å². The number of carbonyl (C=O) groups excluding carboxylic acids is 1. The average Bonchev–Trinajstić information content (AvgIpc) is 2.76. The molecule has 1 aromatic heterocycles. The lowest BCUT2D eigenvalue weighted by atomic mass is 9.99. The van der Waals surface area contributed by atoms with Crippen LogP contribution in [0.25, 0.3) is 0 Å². The highest BCUT2D eigenvalue weighted by Crippen LogP contribution is 2.24. The van der Waals surface area contributed by atoms with Gasteiger partial charge in [-0.15, -0.1) is 0 Å². The molecule has 0 aromatic carbocycles. The number of aromatic nitrogens is 2. The van der Waals surface area contributed by atoms with Crippen LogP contribution in [0.4, 0.5) is 0 Å². The Balaban J connectivity index is 2.28. The summed E-state index contributed by atoms with van der Waals surface area (Å²) in [5, 5.41) is 3.29. The molecule has 21 heavy (non-hydrogen) atoms. The maximum Gasteiger partial charge on any atom is 0.327 e. The van der Waals surface area contributed by atoms with Crippen molar-refractivity contribution in [3.63, 3.8) is 0 Å². The van der Waals surface area contributed by atoms with Gasteiger partial charge in [0.2, 0.25) is 0 Å². The SMILES string of the molecule is CCNC(C)(Cn1c(C)nc2c1CCCC2)C(=O)OCC. The molecule has 0 spiro atoms.